The van der Waals surface area contributed by atoms with Gasteiger partial charge in [0.1, 0.15) is 34.6 Å². The van der Waals surface area contributed by atoms with Crippen LogP contribution in [0.4, 0.5) is 39.5 Å². The molecule has 0 spiro atoms. The van der Waals surface area contributed by atoms with Crippen molar-refractivity contribution in [3.8, 4) is 28.0 Å². The fraction of sp³-hybridized carbons (Fsp3) is 0.273. The smallest absolute Gasteiger partial charge is 0.429 e. The Balaban J connectivity index is 1.37. The van der Waals surface area contributed by atoms with Gasteiger partial charge in [0, 0.05) is 28.2 Å². The van der Waals surface area contributed by atoms with Crippen LogP contribution in [0.2, 0.25) is 0 Å². The number of alkyl halides is 2. The first-order valence-corrected chi connectivity index (χ1v) is 13.9. The summed E-state index contributed by atoms with van der Waals surface area (Å²) in [7, 11) is 0. The summed E-state index contributed by atoms with van der Waals surface area (Å²) in [5.41, 5.74) is -4.22. The summed E-state index contributed by atoms with van der Waals surface area (Å²) < 4.78 is 146. The molecular weight excluding hydrogens is 631 g/mol. The summed E-state index contributed by atoms with van der Waals surface area (Å²) in [5, 5.41) is 10.8. The van der Waals surface area contributed by atoms with Gasteiger partial charge >= 0.3 is 12.1 Å². The third-order valence-electron chi connectivity index (χ3n) is 7.55. The zero-order valence-electron chi connectivity index (χ0n) is 24.2. The van der Waals surface area contributed by atoms with Crippen molar-refractivity contribution in [3.63, 3.8) is 0 Å². The molecule has 1 saturated heterocycles. The van der Waals surface area contributed by atoms with Crippen LogP contribution in [-0.2, 0) is 21.6 Å². The van der Waals surface area contributed by atoms with Gasteiger partial charge in [-0.2, -0.15) is 8.78 Å². The van der Waals surface area contributed by atoms with Crippen molar-refractivity contribution in [2.75, 3.05) is 13.2 Å². The predicted molar refractivity (Wildman–Crippen MR) is 147 cm³/mol. The van der Waals surface area contributed by atoms with E-state index < -0.39 is 86.4 Å². The molecule has 4 aromatic carbocycles. The van der Waals surface area contributed by atoms with E-state index in [1.165, 1.54) is 6.07 Å². The van der Waals surface area contributed by atoms with Crippen molar-refractivity contribution in [2.24, 2.45) is 5.41 Å². The summed E-state index contributed by atoms with van der Waals surface area (Å²) >= 11 is 0. The van der Waals surface area contributed by atoms with E-state index in [1.54, 1.807) is 0 Å². The minimum absolute atomic E-state index is 0.111. The highest BCUT2D eigenvalue weighted by Gasteiger charge is 2.44. The molecule has 0 amide bonds. The predicted octanol–water partition coefficient (Wildman–Crippen LogP) is 9.08. The second kappa shape index (κ2) is 12.3. The molecule has 0 aliphatic carbocycles. The molecule has 0 saturated carbocycles. The molecule has 46 heavy (non-hydrogen) atoms. The summed E-state index contributed by atoms with van der Waals surface area (Å²) in [6.45, 7) is 4.09. The maximum Gasteiger partial charge on any atom is 0.432 e. The Bertz CT molecular complexity index is 1740. The lowest BCUT2D eigenvalue weighted by Gasteiger charge is -2.41. The van der Waals surface area contributed by atoms with Crippen LogP contribution < -0.4 is 4.74 Å². The molecule has 4 nitrogen and oxygen atoms in total. The SMILES string of the molecule is CCCC1(C)COC(O)(c2ccc(-c3cc(F)c(C(F)(F)Oc4ccc(-c5cc(F)c(F)c(F)c5)c(F)c4)c(F)c3)c(F)c2)OC1. The highest BCUT2D eigenvalue weighted by Crippen LogP contribution is 2.41. The summed E-state index contributed by atoms with van der Waals surface area (Å²) in [6.07, 6.45) is -3.13. The van der Waals surface area contributed by atoms with Crippen LogP contribution in [0.15, 0.2) is 60.7 Å². The van der Waals surface area contributed by atoms with Gasteiger partial charge in [0.15, 0.2) is 17.5 Å². The van der Waals surface area contributed by atoms with E-state index in [9.17, 15) is 40.2 Å². The van der Waals surface area contributed by atoms with Gasteiger partial charge in [0.05, 0.1) is 13.2 Å². The number of halogens is 9. The van der Waals surface area contributed by atoms with Gasteiger partial charge in [-0.05, 0) is 60.0 Å². The number of ether oxygens (including phenoxy) is 3. The van der Waals surface area contributed by atoms with Crippen molar-refractivity contribution in [2.45, 2.75) is 38.8 Å². The number of benzene rings is 4. The van der Waals surface area contributed by atoms with Gasteiger partial charge in [0.25, 0.3) is 0 Å². The Morgan fingerprint density at radius 1 is 0.717 bits per heavy atom. The van der Waals surface area contributed by atoms with Crippen LogP contribution in [0.5, 0.6) is 5.75 Å². The van der Waals surface area contributed by atoms with Crippen molar-refractivity contribution in [3.05, 3.63) is 113 Å². The Labute approximate surface area is 257 Å². The molecule has 0 bridgehead atoms. The van der Waals surface area contributed by atoms with E-state index in [-0.39, 0.29) is 24.2 Å². The monoisotopic (exact) mass is 656 g/mol. The number of hydrogen-bond acceptors (Lipinski definition) is 4. The minimum atomic E-state index is -4.72. The first-order chi connectivity index (χ1) is 21.6. The molecule has 0 radical (unpaired) electrons. The van der Waals surface area contributed by atoms with Gasteiger partial charge in [-0.25, -0.2) is 30.7 Å². The van der Waals surface area contributed by atoms with Crippen molar-refractivity contribution in [1.82, 2.24) is 0 Å². The second-order valence-electron chi connectivity index (χ2n) is 11.2. The Morgan fingerprint density at radius 3 is 1.72 bits per heavy atom. The van der Waals surface area contributed by atoms with Crippen LogP contribution in [-0.4, -0.2) is 18.3 Å². The van der Waals surface area contributed by atoms with E-state index in [1.807, 2.05) is 13.8 Å². The van der Waals surface area contributed by atoms with Crippen molar-refractivity contribution >= 4 is 0 Å². The maximum atomic E-state index is 15.1. The normalized spacial score (nSPS) is 20.2. The van der Waals surface area contributed by atoms with Gasteiger partial charge in [-0.15, -0.1) is 0 Å². The van der Waals surface area contributed by atoms with Crippen LogP contribution in [0.25, 0.3) is 22.3 Å². The molecule has 1 aliphatic rings. The molecule has 1 N–H and O–H groups in total. The molecule has 0 unspecified atom stereocenters. The Hall–Kier alpha value is -4.07. The molecule has 1 heterocycles. The largest absolute Gasteiger partial charge is 0.432 e. The first-order valence-electron chi connectivity index (χ1n) is 13.9. The van der Waals surface area contributed by atoms with E-state index in [2.05, 4.69) is 4.74 Å². The summed E-state index contributed by atoms with van der Waals surface area (Å²) in [6, 6.07) is 6.82. The van der Waals surface area contributed by atoms with Crippen molar-refractivity contribution in [1.29, 1.82) is 0 Å². The van der Waals surface area contributed by atoms with Gasteiger partial charge in [-0.1, -0.05) is 32.4 Å². The van der Waals surface area contributed by atoms with E-state index in [4.69, 9.17) is 9.47 Å². The third-order valence-corrected chi connectivity index (χ3v) is 7.55. The van der Waals surface area contributed by atoms with Crippen LogP contribution >= 0.6 is 0 Å². The number of rotatable bonds is 8. The lowest BCUT2D eigenvalue weighted by atomic mass is 9.86. The number of aliphatic hydroxyl groups is 1. The molecule has 13 heteroatoms. The molecule has 1 fully saturated rings. The lowest BCUT2D eigenvalue weighted by molar-refractivity contribution is -0.414. The molecule has 4 aromatic rings. The topological polar surface area (TPSA) is 47.9 Å². The molecule has 0 aromatic heterocycles. The molecule has 5 rings (SSSR count). The van der Waals surface area contributed by atoms with E-state index >= 15 is 4.39 Å². The molecular formula is C33H25F9O4. The quantitative estimate of drug-likeness (QED) is 0.152. The first kappa shape index (κ1) is 33.3. The molecule has 244 valence electrons. The Morgan fingerprint density at radius 2 is 1.22 bits per heavy atom. The zero-order valence-corrected chi connectivity index (χ0v) is 24.2. The highest BCUT2D eigenvalue weighted by molar-refractivity contribution is 5.66. The zero-order chi connectivity index (χ0) is 33.6. The van der Waals surface area contributed by atoms with E-state index in [0.29, 0.717) is 30.3 Å². The van der Waals surface area contributed by atoms with Crippen LogP contribution in [0.3, 0.4) is 0 Å². The lowest BCUT2D eigenvalue weighted by Crippen LogP contribution is -2.46. The van der Waals surface area contributed by atoms with Crippen LogP contribution in [0.1, 0.15) is 37.8 Å². The molecule has 0 atom stereocenters. The maximum absolute atomic E-state index is 15.1. The van der Waals surface area contributed by atoms with Crippen molar-refractivity contribution < 1.29 is 58.8 Å². The van der Waals surface area contributed by atoms with E-state index in [0.717, 1.165) is 37.1 Å². The minimum Gasteiger partial charge on any atom is -0.429 e. The molecule has 1 aliphatic heterocycles. The fourth-order valence-electron chi connectivity index (χ4n) is 5.20. The summed E-state index contributed by atoms with van der Waals surface area (Å²) in [4.78, 5) is 0. The average molecular weight is 657 g/mol. The Kier molecular flexibility index (Phi) is 8.88. The fourth-order valence-corrected chi connectivity index (χ4v) is 5.20. The summed E-state index contributed by atoms with van der Waals surface area (Å²) in [5.74, 6) is -14.3. The third kappa shape index (κ3) is 6.44. The van der Waals surface area contributed by atoms with Gasteiger partial charge in [0.2, 0.25) is 0 Å². The highest BCUT2D eigenvalue weighted by atomic mass is 19.3. The van der Waals surface area contributed by atoms with Gasteiger partial charge in [-0.3, -0.25) is 0 Å². The average Bonchev–Trinajstić information content (AvgIpc) is 2.97. The van der Waals surface area contributed by atoms with Gasteiger partial charge < -0.3 is 19.3 Å². The second-order valence-corrected chi connectivity index (χ2v) is 11.2. The number of hydrogen-bond donors (Lipinski definition) is 1. The van der Waals surface area contributed by atoms with Crippen LogP contribution in [0, 0.1) is 46.1 Å². The standard InChI is InChI=1S/C33H25F9O4/c1-3-8-31(2)15-44-33(43,45-16-31)19-4-6-21(23(34)13-19)17-9-25(36)29(26(37)10-17)32(41,42)46-20-5-7-22(24(35)14-20)18-11-27(38)30(40)28(39)12-18/h4-7,9-14,43H,3,8,15-16H2,1-2H3.